The zero-order valence-corrected chi connectivity index (χ0v) is 13.3. The van der Waals surface area contributed by atoms with Crippen molar-refractivity contribution < 1.29 is 9.26 Å². The van der Waals surface area contributed by atoms with Crippen LogP contribution in [0.25, 0.3) is 11.1 Å². The van der Waals surface area contributed by atoms with Gasteiger partial charge in [0, 0.05) is 36.3 Å². The van der Waals surface area contributed by atoms with Crippen molar-refractivity contribution in [3.8, 4) is 17.0 Å². The molecule has 0 unspecified atom stereocenters. The molecule has 0 saturated carbocycles. The number of methoxy groups -OCH3 is 1. The number of rotatable bonds is 5. The van der Waals surface area contributed by atoms with Crippen LogP contribution in [0.2, 0.25) is 0 Å². The molecule has 0 spiro atoms. The molecule has 0 fully saturated rings. The Morgan fingerprint density at radius 2 is 2.13 bits per heavy atom. The second-order valence-corrected chi connectivity index (χ2v) is 5.19. The number of ether oxygens (including phenoxy) is 1. The van der Waals surface area contributed by atoms with Gasteiger partial charge in [0.25, 0.3) is 0 Å². The van der Waals surface area contributed by atoms with E-state index in [1.54, 1.807) is 19.5 Å². The van der Waals surface area contributed by atoms with E-state index in [0.717, 1.165) is 33.8 Å². The maximum Gasteiger partial charge on any atom is 0.237 e. The van der Waals surface area contributed by atoms with Crippen LogP contribution in [0.3, 0.4) is 0 Å². The predicted octanol–water partition coefficient (Wildman–Crippen LogP) is 3.37. The summed E-state index contributed by atoms with van der Waals surface area (Å²) in [5, 5.41) is 7.34. The Labute approximate surface area is 134 Å². The molecule has 23 heavy (non-hydrogen) atoms. The third-order valence-electron chi connectivity index (χ3n) is 3.57. The predicted molar refractivity (Wildman–Crippen MR) is 87.3 cm³/mol. The van der Waals surface area contributed by atoms with Crippen molar-refractivity contribution in [2.24, 2.45) is 0 Å². The smallest absolute Gasteiger partial charge is 0.237 e. The van der Waals surface area contributed by atoms with Crippen LogP contribution in [-0.4, -0.2) is 22.2 Å². The van der Waals surface area contributed by atoms with Crippen molar-refractivity contribution in [3.05, 3.63) is 53.8 Å². The first kappa shape index (κ1) is 15.0. The van der Waals surface area contributed by atoms with Crippen LogP contribution in [0.1, 0.15) is 17.0 Å². The van der Waals surface area contributed by atoms with Crippen molar-refractivity contribution in [1.29, 1.82) is 0 Å². The van der Waals surface area contributed by atoms with Gasteiger partial charge in [0.2, 0.25) is 5.88 Å². The molecule has 0 amide bonds. The Bertz CT molecular complexity index is 780. The molecule has 118 valence electrons. The van der Waals surface area contributed by atoms with E-state index in [1.807, 2.05) is 38.2 Å². The highest BCUT2D eigenvalue weighted by Crippen LogP contribution is 2.32. The lowest BCUT2D eigenvalue weighted by Crippen LogP contribution is -2.03. The molecule has 0 aliphatic heterocycles. The van der Waals surface area contributed by atoms with Gasteiger partial charge in [-0.1, -0.05) is 11.2 Å². The van der Waals surface area contributed by atoms with E-state index in [-0.39, 0.29) is 0 Å². The first-order valence-electron chi connectivity index (χ1n) is 7.29. The highest BCUT2D eigenvalue weighted by Gasteiger charge is 2.14. The Kier molecular flexibility index (Phi) is 4.23. The molecule has 6 nitrogen and oxygen atoms in total. The Balaban J connectivity index is 1.91. The minimum atomic E-state index is 0.546. The number of hydrogen-bond acceptors (Lipinski definition) is 6. The van der Waals surface area contributed by atoms with Gasteiger partial charge in [0.15, 0.2) is 0 Å². The molecule has 3 aromatic rings. The van der Waals surface area contributed by atoms with Gasteiger partial charge in [-0.15, -0.1) is 0 Å². The van der Waals surface area contributed by atoms with Gasteiger partial charge in [-0.2, -0.15) is 0 Å². The van der Waals surface area contributed by atoms with Crippen molar-refractivity contribution in [2.45, 2.75) is 20.4 Å². The molecule has 0 aliphatic carbocycles. The number of aromatic nitrogens is 3. The van der Waals surface area contributed by atoms with E-state index in [9.17, 15) is 0 Å². The van der Waals surface area contributed by atoms with Crippen LogP contribution in [0.5, 0.6) is 5.88 Å². The summed E-state index contributed by atoms with van der Waals surface area (Å²) in [5.41, 5.74) is 4.64. The van der Waals surface area contributed by atoms with E-state index in [4.69, 9.17) is 9.26 Å². The summed E-state index contributed by atoms with van der Waals surface area (Å²) in [4.78, 5) is 8.49. The molecule has 1 N–H and O–H groups in total. The van der Waals surface area contributed by atoms with Crippen molar-refractivity contribution >= 4 is 5.69 Å². The molecule has 0 radical (unpaired) electrons. The number of pyridine rings is 2. The average molecular weight is 310 g/mol. The second-order valence-electron chi connectivity index (χ2n) is 5.19. The standard InChI is InChI=1S/C17H18N4O2/c1-11-16(12(2)23-21-11)14-7-15(17(22-3)20-10-14)19-9-13-5-4-6-18-8-13/h4-8,10,19H,9H2,1-3H3. The molecule has 0 bridgehead atoms. The normalized spacial score (nSPS) is 10.6. The maximum atomic E-state index is 5.34. The fraction of sp³-hybridized carbons (Fsp3) is 0.235. The lowest BCUT2D eigenvalue weighted by Gasteiger charge is -2.12. The lowest BCUT2D eigenvalue weighted by atomic mass is 10.1. The van der Waals surface area contributed by atoms with E-state index in [1.165, 1.54) is 0 Å². The quantitative estimate of drug-likeness (QED) is 0.779. The van der Waals surface area contributed by atoms with Gasteiger partial charge in [-0.05, 0) is 31.5 Å². The van der Waals surface area contributed by atoms with E-state index in [2.05, 4.69) is 20.4 Å². The first-order valence-corrected chi connectivity index (χ1v) is 7.29. The lowest BCUT2D eigenvalue weighted by molar-refractivity contribution is 0.393. The third-order valence-corrected chi connectivity index (χ3v) is 3.57. The Hall–Kier alpha value is -2.89. The van der Waals surface area contributed by atoms with Crippen LogP contribution in [0.4, 0.5) is 5.69 Å². The van der Waals surface area contributed by atoms with Crippen LogP contribution >= 0.6 is 0 Å². The number of hydrogen-bond donors (Lipinski definition) is 1. The highest BCUT2D eigenvalue weighted by atomic mass is 16.5. The molecule has 3 aromatic heterocycles. The molecule has 0 saturated heterocycles. The Morgan fingerprint density at radius 1 is 1.26 bits per heavy atom. The zero-order valence-electron chi connectivity index (χ0n) is 13.3. The SMILES string of the molecule is COc1ncc(-c2c(C)noc2C)cc1NCc1cccnc1. The first-order chi connectivity index (χ1) is 11.2. The van der Waals surface area contributed by atoms with E-state index >= 15 is 0 Å². The van der Waals surface area contributed by atoms with E-state index in [0.29, 0.717) is 12.4 Å². The fourth-order valence-electron chi connectivity index (χ4n) is 2.47. The minimum Gasteiger partial charge on any atom is -0.480 e. The van der Waals surface area contributed by atoms with E-state index < -0.39 is 0 Å². The molecule has 0 aliphatic rings. The summed E-state index contributed by atoms with van der Waals surface area (Å²) < 4.78 is 10.6. The average Bonchev–Trinajstić information content (AvgIpc) is 2.92. The number of anilines is 1. The summed E-state index contributed by atoms with van der Waals surface area (Å²) in [7, 11) is 1.60. The Morgan fingerprint density at radius 3 is 2.78 bits per heavy atom. The van der Waals surface area contributed by atoms with Crippen molar-refractivity contribution in [1.82, 2.24) is 15.1 Å². The van der Waals surface area contributed by atoms with Crippen LogP contribution in [0, 0.1) is 13.8 Å². The van der Waals surface area contributed by atoms with Gasteiger partial charge in [-0.3, -0.25) is 4.98 Å². The fourth-order valence-corrected chi connectivity index (χ4v) is 2.47. The van der Waals surface area contributed by atoms with Crippen molar-refractivity contribution in [2.75, 3.05) is 12.4 Å². The summed E-state index contributed by atoms with van der Waals surface area (Å²) >= 11 is 0. The molecule has 0 aromatic carbocycles. The molecular formula is C17H18N4O2. The summed E-state index contributed by atoms with van der Waals surface area (Å²) in [6.07, 6.45) is 5.34. The van der Waals surface area contributed by atoms with Crippen LogP contribution < -0.4 is 10.1 Å². The third kappa shape index (κ3) is 3.15. The number of nitrogens with one attached hydrogen (secondary N) is 1. The molecule has 3 heterocycles. The van der Waals surface area contributed by atoms with Gasteiger partial charge in [0.1, 0.15) is 5.76 Å². The highest BCUT2D eigenvalue weighted by molar-refractivity contribution is 5.72. The monoisotopic (exact) mass is 310 g/mol. The molecule has 0 atom stereocenters. The maximum absolute atomic E-state index is 5.34. The van der Waals surface area contributed by atoms with Gasteiger partial charge < -0.3 is 14.6 Å². The molecule has 3 rings (SSSR count). The summed E-state index contributed by atoms with van der Waals surface area (Å²) in [6.45, 7) is 4.44. The topological polar surface area (TPSA) is 73.1 Å². The minimum absolute atomic E-state index is 0.546. The molecule has 6 heteroatoms. The summed E-state index contributed by atoms with van der Waals surface area (Å²) in [6, 6.07) is 5.92. The van der Waals surface area contributed by atoms with Crippen molar-refractivity contribution in [3.63, 3.8) is 0 Å². The summed E-state index contributed by atoms with van der Waals surface area (Å²) in [5.74, 6) is 1.32. The largest absolute Gasteiger partial charge is 0.480 e. The van der Waals surface area contributed by atoms with Crippen LogP contribution in [0.15, 0.2) is 41.3 Å². The zero-order chi connectivity index (χ0) is 16.2. The second kappa shape index (κ2) is 6.48. The van der Waals surface area contributed by atoms with Gasteiger partial charge >= 0.3 is 0 Å². The van der Waals surface area contributed by atoms with Gasteiger partial charge in [0.05, 0.1) is 18.5 Å². The van der Waals surface area contributed by atoms with Crippen LogP contribution in [-0.2, 0) is 6.54 Å². The van der Waals surface area contributed by atoms with Gasteiger partial charge in [-0.25, -0.2) is 4.98 Å². The number of aryl methyl sites for hydroxylation is 2. The number of nitrogens with zero attached hydrogens (tertiary/aromatic N) is 3. The molecular weight excluding hydrogens is 292 g/mol.